The Morgan fingerprint density at radius 2 is 2.17 bits per heavy atom. The number of hydrogen-bond donors (Lipinski definition) is 2. The minimum absolute atomic E-state index is 0.714. The normalized spacial score (nSPS) is 24.2. The Labute approximate surface area is 110 Å². The standard InChI is InChI=1S/C14H24N4/c1-11-5-3-4-6-13(11)18(2)10-12-7-8-14(17-15)16-9-12/h7-9,11,13H,3-6,10,15H2,1-2H3,(H,16,17). The predicted molar refractivity (Wildman–Crippen MR) is 74.9 cm³/mol. The Kier molecular flexibility index (Phi) is 4.55. The molecule has 1 aliphatic rings. The van der Waals surface area contributed by atoms with Gasteiger partial charge in [-0.3, -0.25) is 4.90 Å². The van der Waals surface area contributed by atoms with Crippen molar-refractivity contribution in [2.45, 2.75) is 45.2 Å². The van der Waals surface area contributed by atoms with Crippen molar-refractivity contribution in [1.82, 2.24) is 9.88 Å². The third-order valence-corrected chi connectivity index (χ3v) is 4.04. The van der Waals surface area contributed by atoms with E-state index >= 15 is 0 Å². The molecule has 0 aromatic carbocycles. The van der Waals surface area contributed by atoms with E-state index < -0.39 is 0 Å². The van der Waals surface area contributed by atoms with Crippen molar-refractivity contribution in [3.8, 4) is 0 Å². The maximum atomic E-state index is 5.31. The summed E-state index contributed by atoms with van der Waals surface area (Å²) in [5.74, 6) is 6.84. The SMILES string of the molecule is CC1CCCCC1N(C)Cc1ccc(NN)nc1. The van der Waals surface area contributed by atoms with Crippen LogP contribution in [0.25, 0.3) is 0 Å². The number of rotatable bonds is 4. The Hall–Kier alpha value is -1.13. The average molecular weight is 248 g/mol. The van der Waals surface area contributed by atoms with Crippen LogP contribution in [0.4, 0.5) is 5.82 Å². The molecule has 0 amide bonds. The number of nitrogens with zero attached hydrogens (tertiary/aromatic N) is 2. The van der Waals surface area contributed by atoms with E-state index in [9.17, 15) is 0 Å². The van der Waals surface area contributed by atoms with Crippen molar-refractivity contribution in [2.24, 2.45) is 11.8 Å². The first kappa shape index (κ1) is 13.3. The lowest BCUT2D eigenvalue weighted by Gasteiger charge is -2.36. The van der Waals surface area contributed by atoms with Crippen molar-refractivity contribution in [3.05, 3.63) is 23.9 Å². The molecule has 2 rings (SSSR count). The Morgan fingerprint density at radius 1 is 1.39 bits per heavy atom. The van der Waals surface area contributed by atoms with Crippen LogP contribution in [0.3, 0.4) is 0 Å². The van der Waals surface area contributed by atoms with Gasteiger partial charge in [-0.25, -0.2) is 10.8 Å². The van der Waals surface area contributed by atoms with Gasteiger partial charge in [-0.15, -0.1) is 0 Å². The van der Waals surface area contributed by atoms with Crippen LogP contribution in [0.2, 0.25) is 0 Å². The molecule has 1 saturated carbocycles. The van der Waals surface area contributed by atoms with Gasteiger partial charge in [0.25, 0.3) is 0 Å². The van der Waals surface area contributed by atoms with Crippen LogP contribution in [0.1, 0.15) is 38.2 Å². The molecule has 0 saturated heterocycles. The summed E-state index contributed by atoms with van der Waals surface area (Å²) in [5, 5.41) is 0. The van der Waals surface area contributed by atoms with Crippen molar-refractivity contribution in [2.75, 3.05) is 12.5 Å². The van der Waals surface area contributed by atoms with Crippen molar-refractivity contribution >= 4 is 5.82 Å². The van der Waals surface area contributed by atoms with Crippen LogP contribution < -0.4 is 11.3 Å². The lowest BCUT2D eigenvalue weighted by atomic mass is 9.85. The molecule has 1 heterocycles. The minimum Gasteiger partial charge on any atom is -0.308 e. The molecule has 0 aliphatic heterocycles. The van der Waals surface area contributed by atoms with Crippen molar-refractivity contribution < 1.29 is 0 Å². The molecular formula is C14H24N4. The molecule has 0 spiro atoms. The molecule has 100 valence electrons. The van der Waals surface area contributed by atoms with Crippen LogP contribution in [0.5, 0.6) is 0 Å². The molecule has 3 N–H and O–H groups in total. The molecule has 4 nitrogen and oxygen atoms in total. The van der Waals surface area contributed by atoms with Gasteiger partial charge in [-0.1, -0.05) is 25.8 Å². The van der Waals surface area contributed by atoms with Gasteiger partial charge in [0.1, 0.15) is 5.82 Å². The summed E-state index contributed by atoms with van der Waals surface area (Å²) in [6.45, 7) is 3.34. The first-order chi connectivity index (χ1) is 8.70. The zero-order valence-electron chi connectivity index (χ0n) is 11.4. The highest BCUT2D eigenvalue weighted by molar-refractivity contribution is 5.33. The fraction of sp³-hybridized carbons (Fsp3) is 0.643. The summed E-state index contributed by atoms with van der Waals surface area (Å²) >= 11 is 0. The smallest absolute Gasteiger partial charge is 0.139 e. The van der Waals surface area contributed by atoms with Gasteiger partial charge in [-0.2, -0.15) is 0 Å². The van der Waals surface area contributed by atoms with Gasteiger partial charge in [-0.05, 0) is 37.4 Å². The summed E-state index contributed by atoms with van der Waals surface area (Å²) in [4.78, 5) is 6.72. The molecule has 0 radical (unpaired) electrons. The maximum Gasteiger partial charge on any atom is 0.139 e. The first-order valence-corrected chi connectivity index (χ1v) is 6.82. The molecule has 0 bridgehead atoms. The fourth-order valence-corrected chi connectivity index (χ4v) is 2.96. The maximum absolute atomic E-state index is 5.31. The Morgan fingerprint density at radius 3 is 2.78 bits per heavy atom. The molecule has 1 aromatic heterocycles. The van der Waals surface area contributed by atoms with Crippen LogP contribution in [0.15, 0.2) is 18.3 Å². The van der Waals surface area contributed by atoms with Crippen LogP contribution >= 0.6 is 0 Å². The van der Waals surface area contributed by atoms with Crippen LogP contribution in [-0.2, 0) is 6.54 Å². The topological polar surface area (TPSA) is 54.2 Å². The average Bonchev–Trinajstić information content (AvgIpc) is 2.40. The predicted octanol–water partition coefficient (Wildman–Crippen LogP) is 2.38. The minimum atomic E-state index is 0.714. The second-order valence-electron chi connectivity index (χ2n) is 5.44. The molecule has 1 fully saturated rings. The number of nitrogen functional groups attached to an aromatic ring is 1. The van der Waals surface area contributed by atoms with Crippen LogP contribution in [0, 0.1) is 5.92 Å². The van der Waals surface area contributed by atoms with Crippen molar-refractivity contribution in [3.63, 3.8) is 0 Å². The van der Waals surface area contributed by atoms with E-state index in [0.717, 1.165) is 12.5 Å². The fourth-order valence-electron chi connectivity index (χ4n) is 2.96. The van der Waals surface area contributed by atoms with Crippen molar-refractivity contribution in [1.29, 1.82) is 0 Å². The van der Waals surface area contributed by atoms with Gasteiger partial charge in [0.15, 0.2) is 0 Å². The Balaban J connectivity index is 1.94. The third kappa shape index (κ3) is 3.21. The molecule has 1 aromatic rings. The zero-order chi connectivity index (χ0) is 13.0. The van der Waals surface area contributed by atoms with Gasteiger partial charge >= 0.3 is 0 Å². The quantitative estimate of drug-likeness (QED) is 0.634. The highest BCUT2D eigenvalue weighted by Crippen LogP contribution is 2.28. The van der Waals surface area contributed by atoms with E-state index in [2.05, 4.69) is 35.3 Å². The number of anilines is 1. The number of pyridine rings is 1. The number of nitrogens with one attached hydrogen (secondary N) is 1. The molecule has 1 aliphatic carbocycles. The van der Waals surface area contributed by atoms with E-state index in [0.29, 0.717) is 11.9 Å². The highest BCUT2D eigenvalue weighted by atomic mass is 15.2. The van der Waals surface area contributed by atoms with E-state index in [-0.39, 0.29) is 0 Å². The highest BCUT2D eigenvalue weighted by Gasteiger charge is 2.24. The van der Waals surface area contributed by atoms with E-state index in [1.54, 1.807) is 0 Å². The number of hydrazine groups is 1. The molecule has 18 heavy (non-hydrogen) atoms. The summed E-state index contributed by atoms with van der Waals surface area (Å²) in [6, 6.07) is 4.73. The Bertz CT molecular complexity index is 363. The van der Waals surface area contributed by atoms with Gasteiger partial charge in [0.2, 0.25) is 0 Å². The van der Waals surface area contributed by atoms with Gasteiger partial charge in [0, 0.05) is 18.8 Å². The molecular weight excluding hydrogens is 224 g/mol. The van der Waals surface area contributed by atoms with Crippen LogP contribution in [-0.4, -0.2) is 23.0 Å². The van der Waals surface area contributed by atoms with Gasteiger partial charge in [0.05, 0.1) is 0 Å². The summed E-state index contributed by atoms with van der Waals surface area (Å²) in [7, 11) is 2.22. The number of aromatic nitrogens is 1. The van der Waals surface area contributed by atoms with E-state index in [1.807, 2.05) is 12.3 Å². The molecule has 2 atom stereocenters. The number of hydrogen-bond acceptors (Lipinski definition) is 4. The number of nitrogens with two attached hydrogens (primary N) is 1. The second-order valence-corrected chi connectivity index (χ2v) is 5.44. The molecule has 4 heteroatoms. The van der Waals surface area contributed by atoms with Gasteiger partial charge < -0.3 is 5.43 Å². The lowest BCUT2D eigenvalue weighted by molar-refractivity contribution is 0.133. The van der Waals surface area contributed by atoms with E-state index in [4.69, 9.17) is 5.84 Å². The summed E-state index contributed by atoms with van der Waals surface area (Å²) in [6.07, 6.45) is 7.35. The monoisotopic (exact) mass is 248 g/mol. The first-order valence-electron chi connectivity index (χ1n) is 6.82. The summed E-state index contributed by atoms with van der Waals surface area (Å²) in [5.41, 5.74) is 3.80. The second kappa shape index (κ2) is 6.16. The van der Waals surface area contributed by atoms with E-state index in [1.165, 1.54) is 31.2 Å². The molecule has 2 unspecified atom stereocenters. The lowest BCUT2D eigenvalue weighted by Crippen LogP contribution is -2.38. The third-order valence-electron chi connectivity index (χ3n) is 4.04. The largest absolute Gasteiger partial charge is 0.308 e. The zero-order valence-corrected chi connectivity index (χ0v) is 11.4. The summed E-state index contributed by atoms with van der Waals surface area (Å²) < 4.78 is 0.